The van der Waals surface area contributed by atoms with Crippen LogP contribution in [0.1, 0.15) is 16.7 Å². The fraction of sp³-hybridized carbons (Fsp3) is 0.0667. The molecule has 7 nitrogen and oxygen atoms in total. The van der Waals surface area contributed by atoms with E-state index in [0.717, 1.165) is 16.7 Å². The first-order chi connectivity index (χ1) is 10.5. The summed E-state index contributed by atoms with van der Waals surface area (Å²) in [5.74, 6) is -0.188. The Kier molecular flexibility index (Phi) is 4.81. The van der Waals surface area contributed by atoms with Crippen molar-refractivity contribution in [2.75, 3.05) is 0 Å². The molecule has 0 aliphatic carbocycles. The predicted octanol–water partition coefficient (Wildman–Crippen LogP) is 2.93. The number of carboxylic acid groups (broad SMARTS) is 1. The average molecular weight is 299 g/mol. The van der Waals surface area contributed by atoms with Crippen LogP contribution in [-0.4, -0.2) is 21.1 Å². The molecule has 0 aliphatic rings. The molecule has 7 heteroatoms. The summed E-state index contributed by atoms with van der Waals surface area (Å²) in [7, 11) is 0. The van der Waals surface area contributed by atoms with E-state index in [1.54, 1.807) is 12.1 Å². The molecule has 1 aromatic heterocycles. The molecule has 2 aromatic rings. The second-order valence-corrected chi connectivity index (χ2v) is 4.44. The normalized spacial score (nSPS) is 10.5. The molecule has 0 aliphatic heterocycles. The third-order valence-corrected chi connectivity index (χ3v) is 2.85. The van der Waals surface area contributed by atoms with E-state index in [0.29, 0.717) is 0 Å². The fourth-order valence-corrected chi connectivity index (χ4v) is 1.72. The Morgan fingerprint density at radius 1 is 1.18 bits per heavy atom. The molecule has 0 radical (unpaired) electrons. The van der Waals surface area contributed by atoms with Crippen LogP contribution in [-0.2, 0) is 6.54 Å². The summed E-state index contributed by atoms with van der Waals surface area (Å²) in [6.07, 6.45) is 4.01. The maximum absolute atomic E-state index is 10.5. The molecule has 0 fully saturated rings. The van der Waals surface area contributed by atoms with Gasteiger partial charge in [-0.2, -0.15) is 0 Å². The molecule has 2 rings (SSSR count). The van der Waals surface area contributed by atoms with Gasteiger partial charge in [0.05, 0.1) is 0 Å². The first-order valence-corrected chi connectivity index (χ1v) is 6.39. The number of nitro groups is 1. The zero-order chi connectivity index (χ0) is 15.9. The number of nitrogens with one attached hydrogen (secondary N) is 1. The van der Waals surface area contributed by atoms with Gasteiger partial charge in [0.2, 0.25) is 0 Å². The first kappa shape index (κ1) is 15.2. The van der Waals surface area contributed by atoms with Crippen LogP contribution in [0.4, 0.5) is 10.6 Å². The molecule has 22 heavy (non-hydrogen) atoms. The monoisotopic (exact) mass is 299 g/mol. The average Bonchev–Trinajstić information content (AvgIpc) is 2.52. The Balaban J connectivity index is 2.00. The van der Waals surface area contributed by atoms with Crippen molar-refractivity contribution < 1.29 is 14.8 Å². The van der Waals surface area contributed by atoms with Crippen LogP contribution in [0.5, 0.6) is 0 Å². The molecular weight excluding hydrogens is 286 g/mol. The Bertz CT molecular complexity index is 694. The van der Waals surface area contributed by atoms with Gasteiger partial charge in [-0.1, -0.05) is 36.4 Å². The van der Waals surface area contributed by atoms with Crippen LogP contribution in [0, 0.1) is 10.1 Å². The fourth-order valence-electron chi connectivity index (χ4n) is 1.72. The molecule has 112 valence electrons. The van der Waals surface area contributed by atoms with E-state index in [1.807, 2.05) is 30.3 Å². The first-order valence-electron chi connectivity index (χ1n) is 6.39. The summed E-state index contributed by atoms with van der Waals surface area (Å²) in [5, 5.41) is 21.3. The second-order valence-electron chi connectivity index (χ2n) is 4.44. The summed E-state index contributed by atoms with van der Waals surface area (Å²) >= 11 is 0. The number of rotatable bonds is 5. The third kappa shape index (κ3) is 4.41. The van der Waals surface area contributed by atoms with Gasteiger partial charge in [0.15, 0.2) is 0 Å². The zero-order valence-electron chi connectivity index (χ0n) is 11.5. The third-order valence-electron chi connectivity index (χ3n) is 2.85. The van der Waals surface area contributed by atoms with Gasteiger partial charge in [0.25, 0.3) is 0 Å². The lowest BCUT2D eigenvalue weighted by atomic mass is 10.1. The zero-order valence-corrected chi connectivity index (χ0v) is 11.5. The number of benzene rings is 1. The van der Waals surface area contributed by atoms with E-state index < -0.39 is 11.0 Å². The van der Waals surface area contributed by atoms with E-state index in [9.17, 15) is 14.9 Å². The number of nitrogens with zero attached hydrogens (tertiary/aromatic N) is 2. The van der Waals surface area contributed by atoms with Crippen molar-refractivity contribution in [2.24, 2.45) is 0 Å². The van der Waals surface area contributed by atoms with Gasteiger partial charge in [-0.3, -0.25) is 0 Å². The van der Waals surface area contributed by atoms with Gasteiger partial charge in [-0.25, -0.2) is 4.79 Å². The Morgan fingerprint density at radius 3 is 2.36 bits per heavy atom. The lowest BCUT2D eigenvalue weighted by Crippen LogP contribution is -2.19. The van der Waals surface area contributed by atoms with Crippen LogP contribution in [0.15, 0.2) is 42.6 Å². The highest BCUT2D eigenvalue weighted by molar-refractivity contribution is 5.69. The summed E-state index contributed by atoms with van der Waals surface area (Å²) in [5.41, 5.74) is 2.54. The highest BCUT2D eigenvalue weighted by Crippen LogP contribution is 2.12. The Labute approximate surface area is 126 Å². The highest BCUT2D eigenvalue weighted by Gasteiger charge is 2.04. The van der Waals surface area contributed by atoms with Crippen LogP contribution in [0.2, 0.25) is 0 Å². The summed E-state index contributed by atoms with van der Waals surface area (Å²) in [6.45, 7) is 0.256. The van der Waals surface area contributed by atoms with E-state index >= 15 is 0 Å². The molecule has 1 amide bonds. The van der Waals surface area contributed by atoms with E-state index in [4.69, 9.17) is 5.11 Å². The number of pyridine rings is 1. The van der Waals surface area contributed by atoms with Gasteiger partial charge in [0.1, 0.15) is 6.20 Å². The minimum atomic E-state index is -1.06. The number of hydrogen-bond donors (Lipinski definition) is 2. The van der Waals surface area contributed by atoms with Crippen LogP contribution < -0.4 is 5.32 Å². The van der Waals surface area contributed by atoms with E-state index in [2.05, 4.69) is 10.3 Å². The maximum Gasteiger partial charge on any atom is 0.404 e. The van der Waals surface area contributed by atoms with Crippen molar-refractivity contribution in [3.63, 3.8) is 0 Å². The maximum atomic E-state index is 10.5. The van der Waals surface area contributed by atoms with Crippen LogP contribution in [0.25, 0.3) is 12.2 Å². The van der Waals surface area contributed by atoms with Crippen molar-refractivity contribution >= 4 is 24.1 Å². The summed E-state index contributed by atoms with van der Waals surface area (Å²) in [6, 6.07) is 10.3. The molecule has 2 N–H and O–H groups in total. The topological polar surface area (TPSA) is 105 Å². The molecular formula is C15H13N3O4. The summed E-state index contributed by atoms with van der Waals surface area (Å²) in [4.78, 5) is 24.1. The minimum Gasteiger partial charge on any atom is -0.465 e. The SMILES string of the molecule is O=C(O)NCc1ccc(C=Cc2ccc([N+](=O)[O-])nc2)cc1. The van der Waals surface area contributed by atoms with Gasteiger partial charge >= 0.3 is 11.9 Å². The minimum absolute atomic E-state index is 0.188. The molecule has 0 saturated carbocycles. The molecule has 0 saturated heterocycles. The number of carbonyl (C=O) groups is 1. The van der Waals surface area contributed by atoms with Gasteiger partial charge in [-0.05, 0) is 27.1 Å². The summed E-state index contributed by atoms with van der Waals surface area (Å²) < 4.78 is 0. The number of amides is 1. The number of hydrogen-bond acceptors (Lipinski definition) is 4. The van der Waals surface area contributed by atoms with E-state index in [-0.39, 0.29) is 12.4 Å². The van der Waals surface area contributed by atoms with Gasteiger partial charge < -0.3 is 20.5 Å². The van der Waals surface area contributed by atoms with Crippen molar-refractivity contribution in [1.82, 2.24) is 10.3 Å². The lowest BCUT2D eigenvalue weighted by molar-refractivity contribution is -0.389. The van der Waals surface area contributed by atoms with Crippen LogP contribution >= 0.6 is 0 Å². The van der Waals surface area contributed by atoms with Gasteiger partial charge in [0, 0.05) is 18.2 Å². The lowest BCUT2D eigenvalue weighted by Gasteiger charge is -2.01. The molecule has 0 unspecified atom stereocenters. The second kappa shape index (κ2) is 6.98. The number of aromatic nitrogens is 1. The molecule has 0 bridgehead atoms. The largest absolute Gasteiger partial charge is 0.465 e. The molecule has 0 atom stereocenters. The van der Waals surface area contributed by atoms with E-state index in [1.165, 1.54) is 12.3 Å². The quantitative estimate of drug-likeness (QED) is 0.652. The standard InChI is InChI=1S/C15H13N3O4/c19-15(20)17-10-12-4-1-11(2-5-12)3-6-13-7-8-14(16-9-13)18(21)22/h1-9,17H,10H2,(H,19,20). The smallest absolute Gasteiger partial charge is 0.404 e. The molecule has 1 aromatic carbocycles. The van der Waals surface area contributed by atoms with Crippen molar-refractivity contribution in [3.8, 4) is 0 Å². The highest BCUT2D eigenvalue weighted by atomic mass is 16.6. The Hall–Kier alpha value is -3.22. The Morgan fingerprint density at radius 2 is 1.82 bits per heavy atom. The van der Waals surface area contributed by atoms with Crippen molar-refractivity contribution in [2.45, 2.75) is 6.54 Å². The van der Waals surface area contributed by atoms with Crippen molar-refractivity contribution in [3.05, 3.63) is 69.4 Å². The van der Waals surface area contributed by atoms with Gasteiger partial charge in [-0.15, -0.1) is 0 Å². The molecule has 1 heterocycles. The molecule has 0 spiro atoms. The van der Waals surface area contributed by atoms with Crippen LogP contribution in [0.3, 0.4) is 0 Å². The van der Waals surface area contributed by atoms with Crippen molar-refractivity contribution in [1.29, 1.82) is 0 Å². The predicted molar refractivity (Wildman–Crippen MR) is 81.1 cm³/mol.